The molecule has 2 N–H and O–H groups in total. The predicted octanol–water partition coefficient (Wildman–Crippen LogP) is 0.433. The summed E-state index contributed by atoms with van der Waals surface area (Å²) in [7, 11) is 0. The van der Waals surface area contributed by atoms with Gasteiger partial charge in [0.2, 0.25) is 5.91 Å². The molecule has 0 saturated heterocycles. The minimum absolute atomic E-state index is 0.425. The fourth-order valence-corrected chi connectivity index (χ4v) is 1.07. The Balaban J connectivity index is 2.68. The maximum absolute atomic E-state index is 10.8. The van der Waals surface area contributed by atoms with Crippen molar-refractivity contribution in [1.82, 2.24) is 9.38 Å². The van der Waals surface area contributed by atoms with Crippen LogP contribution < -0.4 is 5.73 Å². The van der Waals surface area contributed by atoms with E-state index in [0.717, 1.165) is 5.65 Å². The van der Waals surface area contributed by atoms with Crippen molar-refractivity contribution in [3.8, 4) is 0 Å². The number of pyridine rings is 1. The second kappa shape index (κ2) is 2.34. The third-order valence-corrected chi connectivity index (χ3v) is 1.67. The van der Waals surface area contributed by atoms with Crippen molar-refractivity contribution in [2.24, 2.45) is 5.73 Å². The van der Waals surface area contributed by atoms with E-state index in [0.29, 0.717) is 5.56 Å². The van der Waals surface area contributed by atoms with Gasteiger partial charge in [-0.2, -0.15) is 0 Å². The first-order chi connectivity index (χ1) is 5.77. The molecular formula is C8H7N3O. The van der Waals surface area contributed by atoms with Gasteiger partial charge in [0, 0.05) is 18.6 Å². The summed E-state index contributed by atoms with van der Waals surface area (Å²) < 4.78 is 1.75. The molecule has 0 radical (unpaired) electrons. The summed E-state index contributed by atoms with van der Waals surface area (Å²) in [5.74, 6) is -0.425. The van der Waals surface area contributed by atoms with Crippen molar-refractivity contribution < 1.29 is 4.79 Å². The van der Waals surface area contributed by atoms with E-state index in [1.54, 1.807) is 35.1 Å². The Morgan fingerprint density at radius 3 is 3.08 bits per heavy atom. The van der Waals surface area contributed by atoms with E-state index in [9.17, 15) is 4.79 Å². The second-order valence-corrected chi connectivity index (χ2v) is 2.47. The number of carbonyl (C=O) groups excluding carboxylic acids is 1. The highest BCUT2D eigenvalue weighted by molar-refractivity contribution is 5.92. The normalized spacial score (nSPS) is 10.3. The molecule has 0 aromatic carbocycles. The van der Waals surface area contributed by atoms with E-state index in [1.807, 2.05) is 0 Å². The number of amides is 1. The number of primary amides is 1. The molecule has 0 atom stereocenters. The number of fused-ring (bicyclic) bond motifs is 1. The largest absolute Gasteiger partial charge is 0.366 e. The average Bonchev–Trinajstić information content (AvgIpc) is 2.49. The third kappa shape index (κ3) is 0.934. The lowest BCUT2D eigenvalue weighted by Gasteiger charge is -1.95. The highest BCUT2D eigenvalue weighted by Gasteiger charge is 2.00. The van der Waals surface area contributed by atoms with Crippen molar-refractivity contribution in [1.29, 1.82) is 0 Å². The predicted molar refractivity (Wildman–Crippen MR) is 43.7 cm³/mol. The number of nitrogens with two attached hydrogens (primary N) is 1. The molecule has 0 saturated carbocycles. The van der Waals surface area contributed by atoms with E-state index >= 15 is 0 Å². The van der Waals surface area contributed by atoms with E-state index in [1.165, 1.54) is 0 Å². The fourth-order valence-electron chi connectivity index (χ4n) is 1.07. The highest BCUT2D eigenvalue weighted by atomic mass is 16.1. The van der Waals surface area contributed by atoms with Crippen molar-refractivity contribution in [3.63, 3.8) is 0 Å². The quantitative estimate of drug-likeness (QED) is 0.659. The molecular weight excluding hydrogens is 154 g/mol. The number of carbonyl (C=O) groups is 1. The summed E-state index contributed by atoms with van der Waals surface area (Å²) in [4.78, 5) is 14.8. The minimum Gasteiger partial charge on any atom is -0.366 e. The molecule has 2 rings (SSSR count). The molecule has 60 valence electrons. The fraction of sp³-hybridized carbons (Fsp3) is 0. The summed E-state index contributed by atoms with van der Waals surface area (Å²) in [5, 5.41) is 0. The molecule has 2 heterocycles. The summed E-state index contributed by atoms with van der Waals surface area (Å²) in [6.07, 6.45) is 5.09. The van der Waals surface area contributed by atoms with Crippen LogP contribution in [-0.4, -0.2) is 15.3 Å². The summed E-state index contributed by atoms with van der Waals surface area (Å²) in [5.41, 5.74) is 6.39. The van der Waals surface area contributed by atoms with Crippen LogP contribution in [0, 0.1) is 0 Å². The summed E-state index contributed by atoms with van der Waals surface area (Å²) in [6, 6.07) is 3.41. The molecule has 1 amide bonds. The first kappa shape index (κ1) is 6.84. The lowest BCUT2D eigenvalue weighted by molar-refractivity contribution is 0.1000. The zero-order chi connectivity index (χ0) is 8.55. The molecule has 0 spiro atoms. The molecule has 0 bridgehead atoms. The lowest BCUT2D eigenvalue weighted by atomic mass is 10.3. The number of nitrogens with zero attached hydrogens (tertiary/aromatic N) is 2. The molecule has 0 fully saturated rings. The van der Waals surface area contributed by atoms with Gasteiger partial charge in [0.1, 0.15) is 5.65 Å². The first-order valence-corrected chi connectivity index (χ1v) is 3.50. The Labute approximate surface area is 68.6 Å². The topological polar surface area (TPSA) is 60.4 Å². The van der Waals surface area contributed by atoms with E-state index in [4.69, 9.17) is 5.73 Å². The van der Waals surface area contributed by atoms with Crippen LogP contribution in [0.3, 0.4) is 0 Å². The smallest absolute Gasteiger partial charge is 0.250 e. The number of hydrogen-bond donors (Lipinski definition) is 1. The van der Waals surface area contributed by atoms with Crippen LogP contribution in [0.25, 0.3) is 5.65 Å². The van der Waals surface area contributed by atoms with Gasteiger partial charge in [-0.25, -0.2) is 4.98 Å². The third-order valence-electron chi connectivity index (χ3n) is 1.67. The number of imidazole rings is 1. The van der Waals surface area contributed by atoms with Crippen LogP contribution in [0.1, 0.15) is 10.4 Å². The molecule has 0 aliphatic heterocycles. The molecule has 2 aromatic rings. The van der Waals surface area contributed by atoms with Crippen LogP contribution in [-0.2, 0) is 0 Å². The minimum atomic E-state index is -0.425. The first-order valence-electron chi connectivity index (χ1n) is 3.50. The Bertz CT molecular complexity index is 433. The monoisotopic (exact) mass is 161 g/mol. The SMILES string of the molecule is NC(=O)c1ccc2nccn2c1. The maximum Gasteiger partial charge on any atom is 0.250 e. The van der Waals surface area contributed by atoms with Gasteiger partial charge in [0.05, 0.1) is 5.56 Å². The van der Waals surface area contributed by atoms with Crippen LogP contribution in [0.5, 0.6) is 0 Å². The Kier molecular flexibility index (Phi) is 1.33. The van der Waals surface area contributed by atoms with Gasteiger partial charge in [0.15, 0.2) is 0 Å². The molecule has 0 aliphatic carbocycles. The zero-order valence-corrected chi connectivity index (χ0v) is 6.27. The highest BCUT2D eigenvalue weighted by Crippen LogP contribution is 2.03. The van der Waals surface area contributed by atoms with Crippen LogP contribution >= 0.6 is 0 Å². The summed E-state index contributed by atoms with van der Waals surface area (Å²) in [6.45, 7) is 0. The Hall–Kier alpha value is -1.84. The molecule has 4 nitrogen and oxygen atoms in total. The molecule has 4 heteroatoms. The van der Waals surface area contributed by atoms with Gasteiger partial charge >= 0.3 is 0 Å². The van der Waals surface area contributed by atoms with Crippen molar-refractivity contribution >= 4 is 11.6 Å². The Morgan fingerprint density at radius 1 is 1.50 bits per heavy atom. The number of rotatable bonds is 1. The number of hydrogen-bond acceptors (Lipinski definition) is 2. The van der Waals surface area contributed by atoms with Gasteiger partial charge in [0.25, 0.3) is 0 Å². The van der Waals surface area contributed by atoms with Crippen LogP contribution in [0.2, 0.25) is 0 Å². The average molecular weight is 161 g/mol. The van der Waals surface area contributed by atoms with Crippen molar-refractivity contribution in [2.75, 3.05) is 0 Å². The van der Waals surface area contributed by atoms with Gasteiger partial charge in [-0.1, -0.05) is 0 Å². The zero-order valence-electron chi connectivity index (χ0n) is 6.27. The van der Waals surface area contributed by atoms with Crippen LogP contribution in [0.15, 0.2) is 30.7 Å². The molecule has 12 heavy (non-hydrogen) atoms. The Morgan fingerprint density at radius 2 is 2.33 bits per heavy atom. The lowest BCUT2D eigenvalue weighted by Crippen LogP contribution is -2.11. The van der Waals surface area contributed by atoms with E-state index in [2.05, 4.69) is 4.98 Å². The van der Waals surface area contributed by atoms with Crippen molar-refractivity contribution in [2.45, 2.75) is 0 Å². The van der Waals surface area contributed by atoms with Gasteiger partial charge in [-0.3, -0.25) is 4.79 Å². The maximum atomic E-state index is 10.8. The van der Waals surface area contributed by atoms with E-state index in [-0.39, 0.29) is 0 Å². The van der Waals surface area contributed by atoms with E-state index < -0.39 is 5.91 Å². The number of aromatic nitrogens is 2. The van der Waals surface area contributed by atoms with Crippen LogP contribution in [0.4, 0.5) is 0 Å². The second-order valence-electron chi connectivity index (χ2n) is 2.47. The summed E-state index contributed by atoms with van der Waals surface area (Å²) >= 11 is 0. The van der Waals surface area contributed by atoms with Gasteiger partial charge < -0.3 is 10.1 Å². The van der Waals surface area contributed by atoms with Gasteiger partial charge in [-0.05, 0) is 12.1 Å². The molecule has 2 aromatic heterocycles. The standard InChI is InChI=1S/C8H7N3O/c9-8(12)6-1-2-7-10-3-4-11(7)5-6/h1-5H,(H2,9,12). The molecule has 0 aliphatic rings. The molecule has 0 unspecified atom stereocenters. The van der Waals surface area contributed by atoms with Crippen molar-refractivity contribution in [3.05, 3.63) is 36.3 Å². The van der Waals surface area contributed by atoms with Gasteiger partial charge in [-0.15, -0.1) is 0 Å².